The molecule has 8 heteroatoms. The maximum Gasteiger partial charge on any atom is 0.243 e. The highest BCUT2D eigenvalue weighted by Crippen LogP contribution is 2.22. The van der Waals surface area contributed by atoms with Gasteiger partial charge in [-0.3, -0.25) is 4.79 Å². The summed E-state index contributed by atoms with van der Waals surface area (Å²) in [6.45, 7) is 8.92. The van der Waals surface area contributed by atoms with E-state index in [1.165, 1.54) is 4.31 Å². The molecule has 2 aromatic carbocycles. The molecule has 1 aromatic heterocycles. The van der Waals surface area contributed by atoms with Crippen LogP contribution >= 0.6 is 0 Å². The molecule has 0 saturated carbocycles. The van der Waals surface area contributed by atoms with E-state index in [2.05, 4.69) is 10.3 Å². The molecule has 0 spiro atoms. The Bertz CT molecular complexity index is 1160. The van der Waals surface area contributed by atoms with Crippen LogP contribution in [0, 0.1) is 13.8 Å². The van der Waals surface area contributed by atoms with Crippen LogP contribution in [-0.2, 0) is 21.4 Å². The van der Waals surface area contributed by atoms with Crippen molar-refractivity contribution in [1.29, 1.82) is 0 Å². The van der Waals surface area contributed by atoms with E-state index in [9.17, 15) is 13.2 Å². The van der Waals surface area contributed by atoms with Crippen LogP contribution in [0.5, 0.6) is 0 Å². The Morgan fingerprint density at radius 3 is 2.57 bits per heavy atom. The highest BCUT2D eigenvalue weighted by Gasteiger charge is 2.22. The van der Waals surface area contributed by atoms with E-state index in [0.29, 0.717) is 31.6 Å². The molecule has 0 fully saturated rings. The highest BCUT2D eigenvalue weighted by molar-refractivity contribution is 7.89. The number of aryl methyl sites for hydroxylation is 2. The van der Waals surface area contributed by atoms with Crippen LogP contribution in [0.2, 0.25) is 0 Å². The van der Waals surface area contributed by atoms with E-state index in [1.807, 2.05) is 50.5 Å². The van der Waals surface area contributed by atoms with Crippen LogP contribution in [-0.4, -0.2) is 41.3 Å². The maximum atomic E-state index is 12.7. The number of nitrogens with one attached hydrogen (secondary N) is 1. The number of anilines is 1. The van der Waals surface area contributed by atoms with Crippen LogP contribution in [0.1, 0.15) is 31.4 Å². The number of hydrogen-bond acceptors (Lipinski definition) is 4. The molecule has 0 atom stereocenters. The SMILES string of the molecule is CCN(CC)S(=O)(=O)c1ccc2c(c1)ncn2CCC(=O)Nc1cccc(C)c1C. The van der Waals surface area contributed by atoms with E-state index in [4.69, 9.17) is 0 Å². The number of carbonyl (C=O) groups excluding carboxylic acids is 1. The summed E-state index contributed by atoms with van der Waals surface area (Å²) < 4.78 is 28.7. The number of aromatic nitrogens is 2. The Hall–Kier alpha value is -2.71. The normalized spacial score (nSPS) is 11.9. The lowest BCUT2D eigenvalue weighted by molar-refractivity contribution is -0.116. The Morgan fingerprint density at radius 2 is 1.87 bits per heavy atom. The van der Waals surface area contributed by atoms with Crippen molar-refractivity contribution < 1.29 is 13.2 Å². The first-order valence-electron chi connectivity index (χ1n) is 10.1. The lowest BCUT2D eigenvalue weighted by atomic mass is 10.1. The predicted molar refractivity (Wildman–Crippen MR) is 119 cm³/mol. The van der Waals surface area contributed by atoms with Gasteiger partial charge in [0.1, 0.15) is 0 Å². The molecule has 0 radical (unpaired) electrons. The molecule has 160 valence electrons. The number of fused-ring (bicyclic) bond motifs is 1. The van der Waals surface area contributed by atoms with Gasteiger partial charge in [-0.1, -0.05) is 26.0 Å². The molecule has 1 heterocycles. The van der Waals surface area contributed by atoms with Gasteiger partial charge in [-0.25, -0.2) is 13.4 Å². The Kier molecular flexibility index (Phi) is 6.58. The van der Waals surface area contributed by atoms with Crippen LogP contribution in [0.3, 0.4) is 0 Å². The van der Waals surface area contributed by atoms with Crippen molar-refractivity contribution in [2.45, 2.75) is 45.6 Å². The zero-order chi connectivity index (χ0) is 21.9. The minimum Gasteiger partial charge on any atom is -0.330 e. The van der Waals surface area contributed by atoms with Gasteiger partial charge in [0.25, 0.3) is 0 Å². The number of rotatable bonds is 8. The highest BCUT2D eigenvalue weighted by atomic mass is 32.2. The van der Waals surface area contributed by atoms with Crippen molar-refractivity contribution in [1.82, 2.24) is 13.9 Å². The second-order valence-electron chi connectivity index (χ2n) is 7.22. The summed E-state index contributed by atoms with van der Waals surface area (Å²) in [5.41, 5.74) is 4.40. The molecule has 3 rings (SSSR count). The summed E-state index contributed by atoms with van der Waals surface area (Å²) in [6.07, 6.45) is 1.93. The third-order valence-electron chi connectivity index (χ3n) is 5.39. The van der Waals surface area contributed by atoms with Crippen LogP contribution in [0.15, 0.2) is 47.6 Å². The van der Waals surface area contributed by atoms with Gasteiger partial charge < -0.3 is 9.88 Å². The quantitative estimate of drug-likeness (QED) is 0.593. The molecule has 1 amide bonds. The molecule has 1 N–H and O–H groups in total. The summed E-state index contributed by atoms with van der Waals surface area (Å²) in [6, 6.07) is 10.8. The predicted octanol–water partition coefficient (Wildman–Crippen LogP) is 3.71. The number of nitrogens with zero attached hydrogens (tertiary/aromatic N) is 3. The van der Waals surface area contributed by atoms with Crippen molar-refractivity contribution in [3.63, 3.8) is 0 Å². The first-order chi connectivity index (χ1) is 14.3. The monoisotopic (exact) mass is 428 g/mol. The number of imidazole rings is 1. The Morgan fingerprint density at radius 1 is 1.13 bits per heavy atom. The van der Waals surface area contributed by atoms with Crippen molar-refractivity contribution in [2.24, 2.45) is 0 Å². The zero-order valence-electron chi connectivity index (χ0n) is 17.8. The van der Waals surface area contributed by atoms with Crippen molar-refractivity contribution in [3.8, 4) is 0 Å². The van der Waals surface area contributed by atoms with Gasteiger partial charge in [0, 0.05) is 31.7 Å². The topological polar surface area (TPSA) is 84.3 Å². The molecule has 0 unspecified atom stereocenters. The number of carbonyl (C=O) groups is 1. The summed E-state index contributed by atoms with van der Waals surface area (Å²) in [5, 5.41) is 2.96. The van der Waals surface area contributed by atoms with E-state index < -0.39 is 10.0 Å². The van der Waals surface area contributed by atoms with E-state index >= 15 is 0 Å². The van der Waals surface area contributed by atoms with Gasteiger partial charge in [0.2, 0.25) is 15.9 Å². The molecule has 0 aliphatic carbocycles. The number of hydrogen-bond donors (Lipinski definition) is 1. The first kappa shape index (κ1) is 22.0. The second-order valence-corrected chi connectivity index (χ2v) is 9.16. The fourth-order valence-corrected chi connectivity index (χ4v) is 4.89. The number of amides is 1. The Labute approximate surface area is 177 Å². The van der Waals surface area contributed by atoms with Gasteiger partial charge in [0.15, 0.2) is 0 Å². The summed E-state index contributed by atoms with van der Waals surface area (Å²) in [5.74, 6) is -0.0775. The Balaban J connectivity index is 1.73. The summed E-state index contributed by atoms with van der Waals surface area (Å²) in [4.78, 5) is 17.0. The second kappa shape index (κ2) is 8.97. The van der Waals surface area contributed by atoms with Crippen molar-refractivity contribution in [3.05, 3.63) is 53.9 Å². The zero-order valence-corrected chi connectivity index (χ0v) is 18.7. The first-order valence-corrected chi connectivity index (χ1v) is 11.5. The molecule has 3 aromatic rings. The standard InChI is InChI=1S/C22H28N4O3S/c1-5-26(6-2)30(28,29)18-10-11-21-20(14-18)23-15-25(21)13-12-22(27)24-19-9-7-8-16(3)17(19)4/h7-11,14-15H,5-6,12-13H2,1-4H3,(H,24,27). The van der Waals surface area contributed by atoms with Gasteiger partial charge in [0.05, 0.1) is 22.3 Å². The van der Waals surface area contributed by atoms with E-state index in [1.54, 1.807) is 24.5 Å². The molecule has 0 aliphatic rings. The average Bonchev–Trinajstić information content (AvgIpc) is 3.13. The summed E-state index contributed by atoms with van der Waals surface area (Å²) in [7, 11) is -3.53. The largest absolute Gasteiger partial charge is 0.330 e. The van der Waals surface area contributed by atoms with E-state index in [0.717, 1.165) is 22.3 Å². The molecule has 30 heavy (non-hydrogen) atoms. The minimum atomic E-state index is -3.53. The van der Waals surface area contributed by atoms with Crippen LogP contribution in [0.4, 0.5) is 5.69 Å². The maximum absolute atomic E-state index is 12.7. The molecular weight excluding hydrogens is 400 g/mol. The summed E-state index contributed by atoms with van der Waals surface area (Å²) >= 11 is 0. The third-order valence-corrected chi connectivity index (χ3v) is 7.44. The lowest BCUT2D eigenvalue weighted by Crippen LogP contribution is -2.30. The smallest absolute Gasteiger partial charge is 0.243 e. The molecule has 0 aliphatic heterocycles. The molecule has 7 nitrogen and oxygen atoms in total. The van der Waals surface area contributed by atoms with Gasteiger partial charge >= 0.3 is 0 Å². The van der Waals surface area contributed by atoms with Gasteiger partial charge in [-0.05, 0) is 49.2 Å². The molecule has 0 bridgehead atoms. The fourth-order valence-electron chi connectivity index (χ4n) is 3.42. The molecule has 0 saturated heterocycles. The third kappa shape index (κ3) is 4.39. The fraction of sp³-hybridized carbons (Fsp3) is 0.364. The van der Waals surface area contributed by atoms with Crippen molar-refractivity contribution in [2.75, 3.05) is 18.4 Å². The minimum absolute atomic E-state index is 0.0775. The van der Waals surface area contributed by atoms with Gasteiger partial charge in [-0.15, -0.1) is 0 Å². The van der Waals surface area contributed by atoms with Crippen LogP contribution < -0.4 is 5.32 Å². The van der Waals surface area contributed by atoms with Crippen molar-refractivity contribution >= 4 is 32.7 Å². The number of sulfonamides is 1. The average molecular weight is 429 g/mol. The lowest BCUT2D eigenvalue weighted by Gasteiger charge is -2.18. The van der Waals surface area contributed by atoms with E-state index in [-0.39, 0.29) is 10.8 Å². The number of benzene rings is 2. The van der Waals surface area contributed by atoms with Crippen LogP contribution in [0.25, 0.3) is 11.0 Å². The molecular formula is C22H28N4O3S. The van der Waals surface area contributed by atoms with Gasteiger partial charge in [-0.2, -0.15) is 4.31 Å².